The number of hydrogen-bond donors (Lipinski definition) is 1. The van der Waals surface area contributed by atoms with Crippen molar-refractivity contribution in [1.82, 2.24) is 0 Å². The normalized spacial score (nSPS) is 10.1. The molecule has 3 heteroatoms. The molecule has 0 atom stereocenters. The van der Waals surface area contributed by atoms with Gasteiger partial charge in [-0.15, -0.1) is 0 Å². The Labute approximate surface area is 107 Å². The van der Waals surface area contributed by atoms with Crippen LogP contribution in [0.25, 0.3) is 0 Å². The van der Waals surface area contributed by atoms with Crippen molar-refractivity contribution in [2.45, 2.75) is 13.5 Å². The van der Waals surface area contributed by atoms with Crippen LogP contribution in [0.15, 0.2) is 42.5 Å². The summed E-state index contributed by atoms with van der Waals surface area (Å²) in [6.45, 7) is 2.57. The second-order valence-electron chi connectivity index (χ2n) is 4.18. The van der Waals surface area contributed by atoms with Gasteiger partial charge in [0.2, 0.25) is 0 Å². The van der Waals surface area contributed by atoms with Crippen LogP contribution in [-0.4, -0.2) is 7.11 Å². The molecular formula is C15H17NO2. The lowest BCUT2D eigenvalue weighted by Crippen LogP contribution is -1.99. The van der Waals surface area contributed by atoms with Crippen molar-refractivity contribution in [3.8, 4) is 11.5 Å². The first-order chi connectivity index (χ1) is 8.69. The highest BCUT2D eigenvalue weighted by molar-refractivity contribution is 5.56. The topological polar surface area (TPSA) is 44.5 Å². The number of methoxy groups -OCH3 is 1. The molecule has 0 aliphatic heterocycles. The van der Waals surface area contributed by atoms with Gasteiger partial charge in [-0.25, -0.2) is 0 Å². The van der Waals surface area contributed by atoms with Crippen molar-refractivity contribution < 1.29 is 9.47 Å². The van der Waals surface area contributed by atoms with Crippen molar-refractivity contribution in [3.05, 3.63) is 53.6 Å². The molecular weight excluding hydrogens is 226 g/mol. The van der Waals surface area contributed by atoms with Crippen molar-refractivity contribution in [2.75, 3.05) is 12.8 Å². The van der Waals surface area contributed by atoms with Crippen LogP contribution in [0.1, 0.15) is 11.1 Å². The van der Waals surface area contributed by atoms with E-state index in [2.05, 4.69) is 19.1 Å². The molecule has 0 saturated heterocycles. The number of nitrogen functional groups attached to an aromatic ring is 1. The van der Waals surface area contributed by atoms with Crippen LogP contribution < -0.4 is 15.2 Å². The summed E-state index contributed by atoms with van der Waals surface area (Å²) in [6.07, 6.45) is 0. The predicted molar refractivity (Wildman–Crippen MR) is 72.9 cm³/mol. The molecule has 2 aromatic rings. The predicted octanol–water partition coefficient (Wildman–Crippen LogP) is 3.16. The van der Waals surface area contributed by atoms with Crippen LogP contribution >= 0.6 is 0 Å². The molecule has 0 fully saturated rings. The Kier molecular flexibility index (Phi) is 3.72. The smallest absolute Gasteiger partial charge is 0.142 e. The van der Waals surface area contributed by atoms with E-state index in [1.165, 1.54) is 5.56 Å². The molecule has 18 heavy (non-hydrogen) atoms. The van der Waals surface area contributed by atoms with Gasteiger partial charge in [-0.3, -0.25) is 0 Å². The maximum atomic E-state index is 5.89. The monoisotopic (exact) mass is 243 g/mol. The van der Waals surface area contributed by atoms with E-state index in [0.29, 0.717) is 18.0 Å². The van der Waals surface area contributed by atoms with Gasteiger partial charge in [0.15, 0.2) is 0 Å². The fraction of sp³-hybridized carbons (Fsp3) is 0.200. The lowest BCUT2D eigenvalue weighted by molar-refractivity contribution is 0.307. The second-order valence-corrected chi connectivity index (χ2v) is 4.18. The van der Waals surface area contributed by atoms with Crippen LogP contribution in [0.4, 0.5) is 5.69 Å². The number of ether oxygens (including phenoxy) is 2. The highest BCUT2D eigenvalue weighted by Crippen LogP contribution is 2.26. The maximum Gasteiger partial charge on any atom is 0.142 e. The quantitative estimate of drug-likeness (QED) is 0.839. The van der Waals surface area contributed by atoms with Gasteiger partial charge in [-0.2, -0.15) is 0 Å². The zero-order chi connectivity index (χ0) is 13.0. The number of aryl methyl sites for hydroxylation is 1. The Bertz CT molecular complexity index is 538. The summed E-state index contributed by atoms with van der Waals surface area (Å²) in [4.78, 5) is 0. The van der Waals surface area contributed by atoms with E-state index < -0.39 is 0 Å². The first-order valence-corrected chi connectivity index (χ1v) is 5.81. The van der Waals surface area contributed by atoms with Crippen LogP contribution in [0, 0.1) is 6.92 Å². The largest absolute Gasteiger partial charge is 0.497 e. The molecule has 2 N–H and O–H groups in total. The molecule has 0 heterocycles. The van der Waals surface area contributed by atoms with Gasteiger partial charge in [0.1, 0.15) is 18.1 Å². The van der Waals surface area contributed by atoms with Gasteiger partial charge in [0.05, 0.1) is 12.8 Å². The Morgan fingerprint density at radius 3 is 2.61 bits per heavy atom. The van der Waals surface area contributed by atoms with Gasteiger partial charge < -0.3 is 15.2 Å². The number of rotatable bonds is 4. The molecule has 0 bridgehead atoms. The zero-order valence-corrected chi connectivity index (χ0v) is 10.6. The van der Waals surface area contributed by atoms with E-state index in [4.69, 9.17) is 15.2 Å². The van der Waals surface area contributed by atoms with Gasteiger partial charge >= 0.3 is 0 Å². The summed E-state index contributed by atoms with van der Waals surface area (Å²) in [5.41, 5.74) is 8.82. The first kappa shape index (κ1) is 12.3. The Balaban J connectivity index is 2.06. The number of anilines is 1. The standard InChI is InChI=1S/C15H17NO2/c1-11-4-3-5-12(8-11)10-18-15-7-6-13(17-2)9-14(15)16/h3-9H,10,16H2,1-2H3. The average molecular weight is 243 g/mol. The minimum absolute atomic E-state index is 0.512. The minimum atomic E-state index is 0.512. The Morgan fingerprint density at radius 1 is 1.11 bits per heavy atom. The molecule has 3 nitrogen and oxygen atoms in total. The summed E-state index contributed by atoms with van der Waals surface area (Å²) >= 11 is 0. The summed E-state index contributed by atoms with van der Waals surface area (Å²) < 4.78 is 10.8. The van der Waals surface area contributed by atoms with Gasteiger partial charge in [-0.05, 0) is 24.6 Å². The van der Waals surface area contributed by atoms with Crippen molar-refractivity contribution in [2.24, 2.45) is 0 Å². The van der Waals surface area contributed by atoms with Crippen LogP contribution in [0.3, 0.4) is 0 Å². The molecule has 0 aliphatic rings. The van der Waals surface area contributed by atoms with Crippen LogP contribution in [-0.2, 0) is 6.61 Å². The first-order valence-electron chi connectivity index (χ1n) is 5.81. The third-order valence-corrected chi connectivity index (χ3v) is 2.69. The summed E-state index contributed by atoms with van der Waals surface area (Å²) in [7, 11) is 1.61. The van der Waals surface area contributed by atoms with Gasteiger partial charge in [0.25, 0.3) is 0 Å². The third-order valence-electron chi connectivity index (χ3n) is 2.69. The van der Waals surface area contributed by atoms with E-state index in [0.717, 1.165) is 11.3 Å². The number of nitrogens with two attached hydrogens (primary N) is 1. The summed E-state index contributed by atoms with van der Waals surface area (Å²) in [5.74, 6) is 1.41. The fourth-order valence-electron chi connectivity index (χ4n) is 1.75. The molecule has 94 valence electrons. The molecule has 0 aromatic heterocycles. The molecule has 0 spiro atoms. The molecule has 0 radical (unpaired) electrons. The van der Waals surface area contributed by atoms with Crippen LogP contribution in [0.5, 0.6) is 11.5 Å². The van der Waals surface area contributed by atoms with E-state index in [1.54, 1.807) is 13.2 Å². The van der Waals surface area contributed by atoms with E-state index in [1.807, 2.05) is 24.3 Å². The van der Waals surface area contributed by atoms with Crippen molar-refractivity contribution in [3.63, 3.8) is 0 Å². The third kappa shape index (κ3) is 2.94. The van der Waals surface area contributed by atoms with E-state index in [9.17, 15) is 0 Å². The van der Waals surface area contributed by atoms with E-state index in [-0.39, 0.29) is 0 Å². The van der Waals surface area contributed by atoms with Gasteiger partial charge in [-0.1, -0.05) is 29.8 Å². The lowest BCUT2D eigenvalue weighted by atomic mass is 10.1. The number of hydrogen-bond acceptors (Lipinski definition) is 3. The molecule has 0 aliphatic carbocycles. The maximum absolute atomic E-state index is 5.89. The highest BCUT2D eigenvalue weighted by Gasteiger charge is 2.03. The fourth-order valence-corrected chi connectivity index (χ4v) is 1.75. The summed E-state index contributed by atoms with van der Waals surface area (Å²) in [6, 6.07) is 13.6. The minimum Gasteiger partial charge on any atom is -0.497 e. The molecule has 0 saturated carbocycles. The zero-order valence-electron chi connectivity index (χ0n) is 10.6. The van der Waals surface area contributed by atoms with E-state index >= 15 is 0 Å². The van der Waals surface area contributed by atoms with Gasteiger partial charge in [0, 0.05) is 6.07 Å². The van der Waals surface area contributed by atoms with Crippen molar-refractivity contribution >= 4 is 5.69 Å². The van der Waals surface area contributed by atoms with Crippen LogP contribution in [0.2, 0.25) is 0 Å². The molecule has 0 unspecified atom stereocenters. The highest BCUT2D eigenvalue weighted by atomic mass is 16.5. The Morgan fingerprint density at radius 2 is 1.94 bits per heavy atom. The van der Waals surface area contributed by atoms with Crippen molar-refractivity contribution in [1.29, 1.82) is 0 Å². The lowest BCUT2D eigenvalue weighted by Gasteiger charge is -2.10. The molecule has 2 aromatic carbocycles. The second kappa shape index (κ2) is 5.45. The number of benzene rings is 2. The molecule has 2 rings (SSSR count). The molecule has 0 amide bonds. The Hall–Kier alpha value is -2.16. The summed E-state index contributed by atoms with van der Waals surface area (Å²) in [5, 5.41) is 0. The average Bonchev–Trinajstić information content (AvgIpc) is 2.37. The SMILES string of the molecule is COc1ccc(OCc2cccc(C)c2)c(N)c1.